The standard InChI is InChI=1S/C11H12ClN3O3S2/c12-9-7-8(11(19-9)20(13,17)18)10(16)14-3-6-15-4-1-2-5-15/h1-2,4-5,7H,3,6H2,(H,14,16)(H2,13,17,18). The van der Waals surface area contributed by atoms with E-state index in [1.54, 1.807) is 0 Å². The van der Waals surface area contributed by atoms with Gasteiger partial charge in [0, 0.05) is 25.5 Å². The lowest BCUT2D eigenvalue weighted by Crippen LogP contribution is -2.28. The van der Waals surface area contributed by atoms with Crippen molar-refractivity contribution in [1.29, 1.82) is 0 Å². The van der Waals surface area contributed by atoms with Gasteiger partial charge in [-0.2, -0.15) is 0 Å². The number of primary sulfonamides is 1. The molecule has 1 amide bonds. The minimum Gasteiger partial charge on any atom is -0.353 e. The molecule has 0 aliphatic heterocycles. The van der Waals surface area contributed by atoms with Crippen molar-refractivity contribution in [3.05, 3.63) is 40.5 Å². The summed E-state index contributed by atoms with van der Waals surface area (Å²) in [5.41, 5.74) is -0.0185. The Balaban J connectivity index is 2.06. The maximum Gasteiger partial charge on any atom is 0.253 e. The van der Waals surface area contributed by atoms with E-state index in [0.29, 0.717) is 13.1 Å². The normalized spacial score (nSPS) is 11.5. The van der Waals surface area contributed by atoms with Gasteiger partial charge in [-0.05, 0) is 18.2 Å². The fourth-order valence-electron chi connectivity index (χ4n) is 1.63. The van der Waals surface area contributed by atoms with Crippen molar-refractivity contribution in [3.63, 3.8) is 0 Å². The fourth-order valence-corrected chi connectivity index (χ4v) is 3.91. The van der Waals surface area contributed by atoms with Crippen LogP contribution >= 0.6 is 22.9 Å². The van der Waals surface area contributed by atoms with Crippen LogP contribution in [-0.2, 0) is 16.6 Å². The molecule has 0 aliphatic carbocycles. The van der Waals surface area contributed by atoms with E-state index in [9.17, 15) is 13.2 Å². The van der Waals surface area contributed by atoms with Crippen LogP contribution < -0.4 is 10.5 Å². The van der Waals surface area contributed by atoms with Gasteiger partial charge >= 0.3 is 0 Å². The summed E-state index contributed by atoms with van der Waals surface area (Å²) in [4.78, 5) is 12.0. The van der Waals surface area contributed by atoms with Crippen LogP contribution in [0.1, 0.15) is 10.4 Å². The van der Waals surface area contributed by atoms with E-state index in [-0.39, 0.29) is 14.1 Å². The number of nitrogens with zero attached hydrogens (tertiary/aromatic N) is 1. The number of halogens is 1. The zero-order chi connectivity index (χ0) is 14.8. The van der Waals surface area contributed by atoms with Crippen LogP contribution in [0.5, 0.6) is 0 Å². The number of carbonyl (C=O) groups excluding carboxylic acids is 1. The highest BCUT2D eigenvalue weighted by atomic mass is 35.5. The molecule has 0 unspecified atom stereocenters. The smallest absolute Gasteiger partial charge is 0.253 e. The zero-order valence-electron chi connectivity index (χ0n) is 10.2. The first-order valence-corrected chi connectivity index (χ1v) is 8.33. The van der Waals surface area contributed by atoms with E-state index >= 15 is 0 Å². The second-order valence-corrected chi connectivity index (χ2v) is 7.41. The van der Waals surface area contributed by atoms with Crippen LogP contribution in [0.2, 0.25) is 4.34 Å². The highest BCUT2D eigenvalue weighted by Crippen LogP contribution is 2.29. The molecule has 108 valence electrons. The summed E-state index contributed by atoms with van der Waals surface area (Å²) in [5.74, 6) is -0.510. The number of nitrogens with one attached hydrogen (secondary N) is 1. The predicted molar refractivity (Wildman–Crippen MR) is 77.5 cm³/mol. The Morgan fingerprint density at radius 2 is 2.05 bits per heavy atom. The molecule has 2 aromatic heterocycles. The molecule has 0 aromatic carbocycles. The molecule has 20 heavy (non-hydrogen) atoms. The van der Waals surface area contributed by atoms with Gasteiger partial charge in [0.25, 0.3) is 5.91 Å². The highest BCUT2D eigenvalue weighted by molar-refractivity contribution is 7.91. The molecule has 2 rings (SSSR count). The number of aromatic nitrogens is 1. The van der Waals surface area contributed by atoms with Crippen LogP contribution in [-0.4, -0.2) is 25.4 Å². The molecular weight excluding hydrogens is 322 g/mol. The first-order valence-electron chi connectivity index (χ1n) is 5.59. The number of carbonyl (C=O) groups is 1. The van der Waals surface area contributed by atoms with Crippen molar-refractivity contribution < 1.29 is 13.2 Å². The Labute approximate surface area is 125 Å². The molecule has 2 heterocycles. The summed E-state index contributed by atoms with van der Waals surface area (Å²) >= 11 is 6.51. The van der Waals surface area contributed by atoms with Gasteiger partial charge < -0.3 is 9.88 Å². The largest absolute Gasteiger partial charge is 0.353 e. The van der Waals surface area contributed by atoms with Gasteiger partial charge in [0.15, 0.2) is 0 Å². The molecule has 0 saturated heterocycles. The number of hydrogen-bond acceptors (Lipinski definition) is 4. The molecular formula is C11H12ClN3O3S2. The average Bonchev–Trinajstić information content (AvgIpc) is 2.97. The molecule has 2 aromatic rings. The number of nitrogens with two attached hydrogens (primary N) is 1. The van der Waals surface area contributed by atoms with Crippen LogP contribution in [0.25, 0.3) is 0 Å². The van der Waals surface area contributed by atoms with Crippen molar-refractivity contribution in [3.8, 4) is 0 Å². The quantitative estimate of drug-likeness (QED) is 0.863. The topological polar surface area (TPSA) is 94.2 Å². The SMILES string of the molecule is NS(=O)(=O)c1sc(Cl)cc1C(=O)NCCn1cccc1. The predicted octanol–water partition coefficient (Wildman–Crippen LogP) is 1.28. The molecule has 0 atom stereocenters. The summed E-state index contributed by atoms with van der Waals surface area (Å²) in [6, 6.07) is 5.05. The minimum atomic E-state index is -3.96. The third kappa shape index (κ3) is 3.60. The van der Waals surface area contributed by atoms with Crippen LogP contribution in [0.3, 0.4) is 0 Å². The first kappa shape index (κ1) is 15.0. The monoisotopic (exact) mass is 333 g/mol. The molecule has 6 nitrogen and oxygen atoms in total. The molecule has 3 N–H and O–H groups in total. The van der Waals surface area contributed by atoms with Gasteiger partial charge in [-0.25, -0.2) is 13.6 Å². The van der Waals surface area contributed by atoms with Gasteiger partial charge in [-0.15, -0.1) is 11.3 Å². The van der Waals surface area contributed by atoms with Gasteiger partial charge in [0.1, 0.15) is 4.21 Å². The number of sulfonamides is 1. The Bertz CT molecular complexity index is 707. The van der Waals surface area contributed by atoms with Crippen molar-refractivity contribution in [2.75, 3.05) is 6.54 Å². The summed E-state index contributed by atoms with van der Waals surface area (Å²) < 4.78 is 24.6. The number of hydrogen-bond donors (Lipinski definition) is 2. The summed E-state index contributed by atoms with van der Waals surface area (Å²) in [5, 5.41) is 7.69. The second-order valence-electron chi connectivity index (χ2n) is 3.97. The number of amides is 1. The molecule has 0 spiro atoms. The van der Waals surface area contributed by atoms with E-state index in [0.717, 1.165) is 11.3 Å². The number of rotatable bonds is 5. The van der Waals surface area contributed by atoms with Crippen LogP contribution in [0.4, 0.5) is 0 Å². The second kappa shape index (κ2) is 5.96. The third-order valence-electron chi connectivity index (χ3n) is 2.49. The summed E-state index contributed by atoms with van der Waals surface area (Å²) in [7, 11) is -3.96. The third-order valence-corrected chi connectivity index (χ3v) is 5.24. The van der Waals surface area contributed by atoms with Gasteiger partial charge in [0.05, 0.1) is 9.90 Å². The lowest BCUT2D eigenvalue weighted by atomic mass is 10.3. The Morgan fingerprint density at radius 3 is 2.65 bits per heavy atom. The molecule has 0 saturated carbocycles. The van der Waals surface area contributed by atoms with E-state index in [2.05, 4.69) is 5.32 Å². The molecule has 9 heteroatoms. The summed E-state index contributed by atoms with van der Waals surface area (Å²) in [6.45, 7) is 0.951. The average molecular weight is 334 g/mol. The number of thiophene rings is 1. The maximum absolute atomic E-state index is 12.0. The highest BCUT2D eigenvalue weighted by Gasteiger charge is 2.22. The molecule has 0 radical (unpaired) electrons. The first-order chi connectivity index (χ1) is 9.38. The fraction of sp³-hybridized carbons (Fsp3) is 0.182. The Hall–Kier alpha value is -1.35. The van der Waals surface area contributed by atoms with Crippen molar-refractivity contribution in [1.82, 2.24) is 9.88 Å². The lowest BCUT2D eigenvalue weighted by molar-refractivity contribution is 0.0950. The van der Waals surface area contributed by atoms with Crippen LogP contribution in [0, 0.1) is 0 Å². The van der Waals surface area contributed by atoms with E-state index in [1.807, 2.05) is 29.1 Å². The van der Waals surface area contributed by atoms with Gasteiger partial charge in [-0.3, -0.25) is 4.79 Å². The van der Waals surface area contributed by atoms with Crippen molar-refractivity contribution >= 4 is 38.9 Å². The van der Waals surface area contributed by atoms with Crippen molar-refractivity contribution in [2.24, 2.45) is 5.14 Å². The molecule has 0 bridgehead atoms. The zero-order valence-corrected chi connectivity index (χ0v) is 12.6. The van der Waals surface area contributed by atoms with Gasteiger partial charge in [-0.1, -0.05) is 11.6 Å². The molecule has 0 fully saturated rings. The maximum atomic E-state index is 12.0. The summed E-state index contributed by atoms with van der Waals surface area (Å²) in [6.07, 6.45) is 3.73. The van der Waals surface area contributed by atoms with E-state index in [1.165, 1.54) is 6.07 Å². The van der Waals surface area contributed by atoms with Crippen molar-refractivity contribution in [2.45, 2.75) is 10.8 Å². The minimum absolute atomic E-state index is 0.0185. The Kier molecular flexibility index (Phi) is 4.48. The van der Waals surface area contributed by atoms with E-state index < -0.39 is 15.9 Å². The van der Waals surface area contributed by atoms with Gasteiger partial charge in [0.2, 0.25) is 10.0 Å². The van der Waals surface area contributed by atoms with Crippen LogP contribution in [0.15, 0.2) is 34.8 Å². The van der Waals surface area contributed by atoms with E-state index in [4.69, 9.17) is 16.7 Å². The molecule has 0 aliphatic rings. The lowest BCUT2D eigenvalue weighted by Gasteiger charge is -2.06. The Morgan fingerprint density at radius 1 is 1.40 bits per heavy atom.